The number of hydrogen-bond acceptors (Lipinski definition) is 0. The van der Waals surface area contributed by atoms with E-state index in [1.165, 1.54) is 12.0 Å². The molecule has 0 aromatic carbocycles. The molecule has 3 atom stereocenters. The fourth-order valence-electron chi connectivity index (χ4n) is 2.53. The van der Waals surface area contributed by atoms with Crippen LogP contribution in [0, 0.1) is 17.3 Å². The Hall–Kier alpha value is 0.0300. The summed E-state index contributed by atoms with van der Waals surface area (Å²) in [6.45, 7) is 8.71. The second kappa shape index (κ2) is 2.04. The van der Waals surface area contributed by atoms with E-state index in [1.807, 2.05) is 0 Å². The highest BCUT2D eigenvalue weighted by Gasteiger charge is 2.59. The van der Waals surface area contributed by atoms with Crippen LogP contribution < -0.4 is 0 Å². The average molecular weight is 171 g/mol. The van der Waals surface area contributed by atoms with E-state index in [-0.39, 0.29) is 5.38 Å². The fraction of sp³-hybridized carbons (Fsp3) is 0.800. The van der Waals surface area contributed by atoms with Gasteiger partial charge in [-0.3, -0.25) is 0 Å². The number of alkyl halides is 1. The predicted octanol–water partition coefficient (Wildman–Crippen LogP) is 3.22. The molecule has 11 heavy (non-hydrogen) atoms. The third-order valence-corrected chi connectivity index (χ3v) is 4.16. The van der Waals surface area contributed by atoms with Crippen LogP contribution in [0.3, 0.4) is 0 Å². The van der Waals surface area contributed by atoms with Gasteiger partial charge in [0, 0.05) is 0 Å². The average Bonchev–Trinajstić information content (AvgIpc) is 2.39. The van der Waals surface area contributed by atoms with Crippen molar-refractivity contribution in [2.24, 2.45) is 17.3 Å². The van der Waals surface area contributed by atoms with Crippen LogP contribution in [0.2, 0.25) is 0 Å². The standard InChI is InChI=1S/C10H15Cl/c1-6-4-7-8(5-9(6)11)10(7,2)3/h7-9H,1,4-5H2,2-3H3/t7-,8?,9+/m0/s1. The summed E-state index contributed by atoms with van der Waals surface area (Å²) in [6, 6.07) is 0. The molecule has 0 aromatic rings. The molecule has 0 amide bonds. The van der Waals surface area contributed by atoms with E-state index in [9.17, 15) is 0 Å². The summed E-state index contributed by atoms with van der Waals surface area (Å²) in [7, 11) is 0. The summed E-state index contributed by atoms with van der Waals surface area (Å²) < 4.78 is 0. The van der Waals surface area contributed by atoms with Crippen molar-refractivity contribution in [2.75, 3.05) is 0 Å². The van der Waals surface area contributed by atoms with E-state index < -0.39 is 0 Å². The van der Waals surface area contributed by atoms with Crippen molar-refractivity contribution in [1.29, 1.82) is 0 Å². The largest absolute Gasteiger partial charge is 0.118 e. The quantitative estimate of drug-likeness (QED) is 0.387. The lowest BCUT2D eigenvalue weighted by Gasteiger charge is -2.16. The molecule has 0 aliphatic heterocycles. The van der Waals surface area contributed by atoms with Crippen LogP contribution in [0.15, 0.2) is 12.2 Å². The van der Waals surface area contributed by atoms with Gasteiger partial charge < -0.3 is 0 Å². The van der Waals surface area contributed by atoms with Crippen molar-refractivity contribution < 1.29 is 0 Å². The molecule has 0 aromatic heterocycles. The fourth-order valence-corrected chi connectivity index (χ4v) is 2.81. The lowest BCUT2D eigenvalue weighted by molar-refractivity contribution is 0.537. The first-order valence-corrected chi connectivity index (χ1v) is 4.79. The van der Waals surface area contributed by atoms with E-state index in [0.29, 0.717) is 5.41 Å². The first-order chi connectivity index (χ1) is 5.03. The minimum atomic E-state index is 0.262. The van der Waals surface area contributed by atoms with E-state index in [1.54, 1.807) is 0 Å². The monoisotopic (exact) mass is 170 g/mol. The van der Waals surface area contributed by atoms with Crippen LogP contribution in [0.1, 0.15) is 26.7 Å². The summed E-state index contributed by atoms with van der Waals surface area (Å²) in [5.41, 5.74) is 1.82. The molecule has 2 fully saturated rings. The second-order valence-corrected chi connectivity index (χ2v) is 5.13. The lowest BCUT2D eigenvalue weighted by Crippen LogP contribution is -2.10. The van der Waals surface area contributed by atoms with Gasteiger partial charge in [-0.05, 0) is 30.1 Å². The Balaban J connectivity index is 2.12. The summed E-state index contributed by atoms with van der Waals surface area (Å²) >= 11 is 6.12. The number of allylic oxidation sites excluding steroid dienone is 1. The summed E-state index contributed by atoms with van der Waals surface area (Å²) in [6.07, 6.45) is 2.34. The summed E-state index contributed by atoms with van der Waals surface area (Å²) in [5, 5.41) is 0.262. The van der Waals surface area contributed by atoms with Gasteiger partial charge in [0.2, 0.25) is 0 Å². The van der Waals surface area contributed by atoms with Crippen molar-refractivity contribution in [1.82, 2.24) is 0 Å². The van der Waals surface area contributed by atoms with Gasteiger partial charge in [0.15, 0.2) is 0 Å². The van der Waals surface area contributed by atoms with Crippen LogP contribution in [-0.4, -0.2) is 5.38 Å². The second-order valence-electron chi connectivity index (χ2n) is 4.60. The molecule has 0 bridgehead atoms. The molecular formula is C10H15Cl. The van der Waals surface area contributed by atoms with Crippen molar-refractivity contribution in [3.05, 3.63) is 12.2 Å². The molecule has 2 rings (SSSR count). The van der Waals surface area contributed by atoms with Crippen molar-refractivity contribution >= 4 is 11.6 Å². The Morgan fingerprint density at radius 2 is 2.09 bits per heavy atom. The number of halogens is 1. The van der Waals surface area contributed by atoms with Crippen molar-refractivity contribution in [3.63, 3.8) is 0 Å². The maximum atomic E-state index is 6.12. The third kappa shape index (κ3) is 0.955. The summed E-state index contributed by atoms with van der Waals surface area (Å²) in [4.78, 5) is 0. The van der Waals surface area contributed by atoms with E-state index >= 15 is 0 Å². The van der Waals surface area contributed by atoms with Crippen LogP contribution in [0.5, 0.6) is 0 Å². The molecule has 0 spiro atoms. The molecule has 1 unspecified atom stereocenters. The molecular weight excluding hydrogens is 156 g/mol. The van der Waals surface area contributed by atoms with E-state index in [0.717, 1.165) is 18.3 Å². The Morgan fingerprint density at radius 3 is 2.64 bits per heavy atom. The molecule has 0 heterocycles. The maximum absolute atomic E-state index is 6.12. The molecule has 0 radical (unpaired) electrons. The molecule has 2 aliphatic carbocycles. The van der Waals surface area contributed by atoms with Gasteiger partial charge in [0.25, 0.3) is 0 Å². The zero-order chi connectivity index (χ0) is 8.22. The summed E-state index contributed by atoms with van der Waals surface area (Å²) in [5.74, 6) is 1.78. The zero-order valence-electron chi connectivity index (χ0n) is 7.23. The molecule has 0 N–H and O–H groups in total. The zero-order valence-corrected chi connectivity index (χ0v) is 7.99. The molecule has 0 saturated heterocycles. The third-order valence-electron chi connectivity index (χ3n) is 3.67. The smallest absolute Gasteiger partial charge is 0.0545 e. The number of fused-ring (bicyclic) bond motifs is 1. The van der Waals surface area contributed by atoms with Gasteiger partial charge in [-0.2, -0.15) is 0 Å². The normalized spacial score (nSPS) is 46.8. The topological polar surface area (TPSA) is 0 Å². The highest BCUT2D eigenvalue weighted by Crippen LogP contribution is 2.66. The number of rotatable bonds is 0. The SMILES string of the molecule is C=C1C[C@H]2C(C[C@H]1Cl)C2(C)C. The molecule has 62 valence electrons. The van der Waals surface area contributed by atoms with Crippen LogP contribution in [0.25, 0.3) is 0 Å². The minimum Gasteiger partial charge on any atom is -0.118 e. The van der Waals surface area contributed by atoms with Gasteiger partial charge in [0.05, 0.1) is 5.38 Å². The van der Waals surface area contributed by atoms with Crippen molar-refractivity contribution in [2.45, 2.75) is 32.1 Å². The van der Waals surface area contributed by atoms with Gasteiger partial charge in [-0.1, -0.05) is 26.0 Å². The van der Waals surface area contributed by atoms with Gasteiger partial charge in [-0.25, -0.2) is 0 Å². The Labute approximate surface area is 73.6 Å². The first-order valence-electron chi connectivity index (χ1n) is 4.35. The van der Waals surface area contributed by atoms with Crippen molar-refractivity contribution in [3.8, 4) is 0 Å². The minimum absolute atomic E-state index is 0.262. The van der Waals surface area contributed by atoms with Crippen LogP contribution in [-0.2, 0) is 0 Å². The Bertz CT molecular complexity index is 205. The Kier molecular flexibility index (Phi) is 1.42. The van der Waals surface area contributed by atoms with E-state index in [4.69, 9.17) is 11.6 Å². The molecule has 0 nitrogen and oxygen atoms in total. The van der Waals surface area contributed by atoms with E-state index in [2.05, 4.69) is 20.4 Å². The highest BCUT2D eigenvalue weighted by molar-refractivity contribution is 6.22. The first kappa shape index (κ1) is 7.67. The Morgan fingerprint density at radius 1 is 1.45 bits per heavy atom. The highest BCUT2D eigenvalue weighted by atomic mass is 35.5. The van der Waals surface area contributed by atoms with Gasteiger partial charge >= 0.3 is 0 Å². The van der Waals surface area contributed by atoms with Crippen LogP contribution in [0.4, 0.5) is 0 Å². The van der Waals surface area contributed by atoms with Gasteiger partial charge in [0.1, 0.15) is 0 Å². The predicted molar refractivity (Wildman–Crippen MR) is 48.8 cm³/mol. The number of hydrogen-bond donors (Lipinski definition) is 0. The molecule has 1 heteroatoms. The van der Waals surface area contributed by atoms with Crippen LogP contribution >= 0.6 is 11.6 Å². The maximum Gasteiger partial charge on any atom is 0.0545 e. The molecule has 2 aliphatic rings. The van der Waals surface area contributed by atoms with Gasteiger partial charge in [-0.15, -0.1) is 11.6 Å². The lowest BCUT2D eigenvalue weighted by atomic mass is 9.96. The molecule has 2 saturated carbocycles.